The van der Waals surface area contributed by atoms with Gasteiger partial charge in [-0.15, -0.1) is 0 Å². The quantitative estimate of drug-likeness (QED) is 0.809. The van der Waals surface area contributed by atoms with Gasteiger partial charge < -0.3 is 9.47 Å². The summed E-state index contributed by atoms with van der Waals surface area (Å²) in [5.74, 6) is 0. The van der Waals surface area contributed by atoms with E-state index in [1.165, 1.54) is 0 Å². The van der Waals surface area contributed by atoms with E-state index in [0.717, 1.165) is 5.69 Å². The van der Waals surface area contributed by atoms with Crippen LogP contribution in [0.15, 0.2) is 12.3 Å². The summed E-state index contributed by atoms with van der Waals surface area (Å²) in [5, 5.41) is 6.72. The van der Waals surface area contributed by atoms with Crippen molar-refractivity contribution < 1.29 is 14.3 Å². The maximum Gasteiger partial charge on any atom is 0.412 e. The summed E-state index contributed by atoms with van der Waals surface area (Å²) in [6.07, 6.45) is 1.29. The minimum atomic E-state index is -0.502. The molecule has 94 valence electrons. The van der Waals surface area contributed by atoms with Gasteiger partial charge in [0.15, 0.2) is 0 Å². The molecule has 0 radical (unpaired) electrons. The monoisotopic (exact) mass is 239 g/mol. The van der Waals surface area contributed by atoms with Crippen LogP contribution in [-0.4, -0.2) is 40.1 Å². The molecule has 1 fully saturated rings. The van der Waals surface area contributed by atoms with Crippen LogP contribution in [0.25, 0.3) is 0 Å². The number of ether oxygens (including phenoxy) is 2. The van der Waals surface area contributed by atoms with E-state index in [4.69, 9.17) is 9.47 Å². The Balaban J connectivity index is 2.07. The first kappa shape index (κ1) is 11.9. The smallest absolute Gasteiger partial charge is 0.412 e. The molecule has 1 aliphatic rings. The van der Waals surface area contributed by atoms with E-state index in [2.05, 4.69) is 10.2 Å². The van der Waals surface area contributed by atoms with Crippen LogP contribution in [0.3, 0.4) is 0 Å². The van der Waals surface area contributed by atoms with Gasteiger partial charge in [0, 0.05) is 6.20 Å². The molecule has 0 saturated carbocycles. The Morgan fingerprint density at radius 1 is 1.65 bits per heavy atom. The lowest BCUT2D eigenvalue weighted by molar-refractivity contribution is 0.0155. The first-order valence-electron chi connectivity index (χ1n) is 5.54. The van der Waals surface area contributed by atoms with E-state index < -0.39 is 5.60 Å². The topological polar surface area (TPSA) is 67.4 Å². The highest BCUT2D eigenvalue weighted by Gasteiger charge is 2.34. The largest absolute Gasteiger partial charge is 0.444 e. The van der Waals surface area contributed by atoms with Gasteiger partial charge in [0.05, 0.1) is 12.3 Å². The van der Waals surface area contributed by atoms with Crippen molar-refractivity contribution in [1.82, 2.24) is 15.1 Å². The number of hydrogen-bond acceptors (Lipinski definition) is 4. The molecule has 6 heteroatoms. The average molecular weight is 239 g/mol. The van der Waals surface area contributed by atoms with Crippen LogP contribution in [0.1, 0.15) is 32.5 Å². The second-order valence-electron chi connectivity index (χ2n) is 4.98. The van der Waals surface area contributed by atoms with Crippen LogP contribution in [0.5, 0.6) is 0 Å². The summed E-state index contributed by atoms with van der Waals surface area (Å²) >= 11 is 0. The van der Waals surface area contributed by atoms with Crippen molar-refractivity contribution in [3.8, 4) is 0 Å². The first-order valence-corrected chi connectivity index (χ1v) is 5.54. The van der Waals surface area contributed by atoms with Gasteiger partial charge in [-0.2, -0.15) is 5.10 Å². The average Bonchev–Trinajstić information content (AvgIpc) is 2.85. The van der Waals surface area contributed by atoms with Gasteiger partial charge in [-0.3, -0.25) is 10.00 Å². The maximum atomic E-state index is 12.0. The molecule has 2 heterocycles. The Bertz CT molecular complexity index is 383. The molecule has 1 amide bonds. The zero-order valence-corrected chi connectivity index (χ0v) is 10.3. The van der Waals surface area contributed by atoms with E-state index in [1.54, 1.807) is 11.1 Å². The third-order valence-electron chi connectivity index (χ3n) is 2.39. The standard InChI is InChI=1S/C11H17N3O3/c1-11(2,3)17-10(15)14-7-16-6-9(14)8-4-5-12-13-8/h4-5,9H,6-7H2,1-3H3,(H,12,13)/t9-/m0/s1. The van der Waals surface area contributed by atoms with Crippen LogP contribution in [0.4, 0.5) is 4.79 Å². The Labute approximate surface area is 99.9 Å². The lowest BCUT2D eigenvalue weighted by Gasteiger charge is -2.26. The molecular weight excluding hydrogens is 222 g/mol. The van der Waals surface area contributed by atoms with Gasteiger partial charge in [-0.25, -0.2) is 4.79 Å². The molecule has 0 aromatic carbocycles. The zero-order chi connectivity index (χ0) is 12.5. The fraction of sp³-hybridized carbons (Fsp3) is 0.636. The molecule has 1 atom stereocenters. The second-order valence-corrected chi connectivity index (χ2v) is 4.98. The van der Waals surface area contributed by atoms with E-state index >= 15 is 0 Å². The van der Waals surface area contributed by atoms with E-state index in [-0.39, 0.29) is 18.9 Å². The number of nitrogens with zero attached hydrogens (tertiary/aromatic N) is 2. The molecule has 6 nitrogen and oxygen atoms in total. The minimum Gasteiger partial charge on any atom is -0.444 e. The number of hydrogen-bond donors (Lipinski definition) is 1. The number of carbonyl (C=O) groups excluding carboxylic acids is 1. The molecular formula is C11H17N3O3. The lowest BCUT2D eigenvalue weighted by atomic mass is 10.2. The number of amides is 1. The predicted octanol–water partition coefficient (Wildman–Crippen LogP) is 1.68. The molecule has 17 heavy (non-hydrogen) atoms. The first-order chi connectivity index (χ1) is 7.97. The fourth-order valence-electron chi connectivity index (χ4n) is 1.65. The molecule has 2 rings (SSSR count). The number of H-pyrrole nitrogens is 1. The van der Waals surface area contributed by atoms with Gasteiger partial charge in [-0.1, -0.05) is 0 Å². The van der Waals surface area contributed by atoms with Crippen molar-refractivity contribution in [2.45, 2.75) is 32.4 Å². The Kier molecular flexibility index (Phi) is 3.06. The van der Waals surface area contributed by atoms with E-state index in [1.807, 2.05) is 26.8 Å². The highest BCUT2D eigenvalue weighted by Crippen LogP contribution is 2.26. The molecule has 1 N–H and O–H groups in total. The molecule has 0 bridgehead atoms. The van der Waals surface area contributed by atoms with Crippen LogP contribution < -0.4 is 0 Å². The van der Waals surface area contributed by atoms with Crippen molar-refractivity contribution in [1.29, 1.82) is 0 Å². The summed E-state index contributed by atoms with van der Waals surface area (Å²) < 4.78 is 10.6. The number of rotatable bonds is 1. The second kappa shape index (κ2) is 4.37. The highest BCUT2D eigenvalue weighted by atomic mass is 16.6. The van der Waals surface area contributed by atoms with Crippen LogP contribution >= 0.6 is 0 Å². The minimum absolute atomic E-state index is 0.146. The summed E-state index contributed by atoms with van der Waals surface area (Å²) in [6, 6.07) is 1.68. The number of aromatic amines is 1. The summed E-state index contributed by atoms with van der Waals surface area (Å²) in [5.41, 5.74) is 0.353. The third kappa shape index (κ3) is 2.76. The van der Waals surface area contributed by atoms with Gasteiger partial charge in [-0.05, 0) is 26.8 Å². The van der Waals surface area contributed by atoms with Crippen LogP contribution in [-0.2, 0) is 9.47 Å². The molecule has 0 spiro atoms. The van der Waals surface area contributed by atoms with Crippen LogP contribution in [0.2, 0.25) is 0 Å². The number of aromatic nitrogens is 2. The normalized spacial score (nSPS) is 20.6. The summed E-state index contributed by atoms with van der Waals surface area (Å²) in [6.45, 7) is 6.23. The molecule has 1 saturated heterocycles. The number of nitrogens with one attached hydrogen (secondary N) is 1. The Morgan fingerprint density at radius 2 is 2.41 bits per heavy atom. The van der Waals surface area contributed by atoms with Crippen molar-refractivity contribution in [3.05, 3.63) is 18.0 Å². The van der Waals surface area contributed by atoms with Gasteiger partial charge in [0.2, 0.25) is 0 Å². The van der Waals surface area contributed by atoms with Crippen molar-refractivity contribution in [2.24, 2.45) is 0 Å². The zero-order valence-electron chi connectivity index (χ0n) is 10.3. The lowest BCUT2D eigenvalue weighted by Crippen LogP contribution is -2.37. The summed E-state index contributed by atoms with van der Waals surface area (Å²) in [4.78, 5) is 13.5. The maximum absolute atomic E-state index is 12.0. The summed E-state index contributed by atoms with van der Waals surface area (Å²) in [7, 11) is 0. The SMILES string of the molecule is CC(C)(C)OC(=O)N1COC[C@H]1c1ccn[nH]1. The van der Waals surface area contributed by atoms with Gasteiger partial charge in [0.25, 0.3) is 0 Å². The van der Waals surface area contributed by atoms with Crippen LogP contribution in [0, 0.1) is 0 Å². The van der Waals surface area contributed by atoms with Crippen molar-refractivity contribution in [3.63, 3.8) is 0 Å². The molecule has 0 aliphatic carbocycles. The van der Waals surface area contributed by atoms with Gasteiger partial charge >= 0.3 is 6.09 Å². The number of carbonyl (C=O) groups is 1. The van der Waals surface area contributed by atoms with Gasteiger partial charge in [0.1, 0.15) is 18.4 Å². The third-order valence-corrected chi connectivity index (χ3v) is 2.39. The molecule has 0 unspecified atom stereocenters. The molecule has 1 aromatic heterocycles. The van der Waals surface area contributed by atoms with E-state index in [9.17, 15) is 4.79 Å². The molecule has 1 aliphatic heterocycles. The Morgan fingerprint density at radius 3 is 3.00 bits per heavy atom. The van der Waals surface area contributed by atoms with Crippen molar-refractivity contribution in [2.75, 3.05) is 13.3 Å². The predicted molar refractivity (Wildman–Crippen MR) is 60.2 cm³/mol. The van der Waals surface area contributed by atoms with E-state index in [0.29, 0.717) is 6.61 Å². The highest BCUT2D eigenvalue weighted by molar-refractivity contribution is 5.68. The van der Waals surface area contributed by atoms with Crippen molar-refractivity contribution >= 4 is 6.09 Å². The Hall–Kier alpha value is -1.56. The molecule has 1 aromatic rings. The fourth-order valence-corrected chi connectivity index (χ4v) is 1.65.